The molecule has 16 heavy (non-hydrogen) atoms. The van der Waals surface area contributed by atoms with Crippen LogP contribution in [0.2, 0.25) is 0 Å². The fourth-order valence-electron chi connectivity index (χ4n) is 2.66. The molecule has 3 nitrogen and oxygen atoms in total. The molecule has 1 amide bonds. The van der Waals surface area contributed by atoms with Crippen molar-refractivity contribution >= 4 is 5.91 Å². The molecule has 0 bridgehead atoms. The first-order valence-electron chi connectivity index (χ1n) is 6.41. The maximum absolute atomic E-state index is 12.1. The van der Waals surface area contributed by atoms with Crippen molar-refractivity contribution in [3.63, 3.8) is 0 Å². The Labute approximate surface area is 97.9 Å². The van der Waals surface area contributed by atoms with Crippen molar-refractivity contribution in [2.45, 2.75) is 38.1 Å². The lowest BCUT2D eigenvalue weighted by molar-refractivity contribution is -0.133. The van der Waals surface area contributed by atoms with Crippen molar-refractivity contribution in [1.29, 1.82) is 0 Å². The molecule has 2 unspecified atom stereocenters. The Morgan fingerprint density at radius 1 is 1.50 bits per heavy atom. The van der Waals surface area contributed by atoms with Gasteiger partial charge < -0.3 is 10.2 Å². The second kappa shape index (κ2) is 5.48. The molecule has 90 valence electrons. The minimum absolute atomic E-state index is 0.344. The molecule has 1 aliphatic heterocycles. The lowest BCUT2D eigenvalue weighted by Crippen LogP contribution is -2.47. The molecule has 0 aromatic heterocycles. The quantitative estimate of drug-likeness (QED) is 0.735. The van der Waals surface area contributed by atoms with E-state index in [1.165, 1.54) is 6.42 Å². The summed E-state index contributed by atoms with van der Waals surface area (Å²) in [5, 5.41) is 3.27. The van der Waals surface area contributed by atoms with Crippen LogP contribution in [0.1, 0.15) is 32.1 Å². The first kappa shape index (κ1) is 11.6. The summed E-state index contributed by atoms with van der Waals surface area (Å²) >= 11 is 0. The van der Waals surface area contributed by atoms with Gasteiger partial charge in [0.1, 0.15) is 0 Å². The van der Waals surface area contributed by atoms with Gasteiger partial charge in [0, 0.05) is 25.6 Å². The number of allylic oxidation sites excluding steroid dienone is 2. The second-order valence-electron chi connectivity index (χ2n) is 4.94. The highest BCUT2D eigenvalue weighted by atomic mass is 16.2. The molecule has 0 radical (unpaired) electrons. The van der Waals surface area contributed by atoms with Crippen LogP contribution in [-0.2, 0) is 4.79 Å². The lowest BCUT2D eigenvalue weighted by atomic mass is 10.0. The molecule has 2 atom stereocenters. The largest absolute Gasteiger partial charge is 0.341 e. The van der Waals surface area contributed by atoms with E-state index in [-0.39, 0.29) is 0 Å². The van der Waals surface area contributed by atoms with Gasteiger partial charge in [0.05, 0.1) is 0 Å². The average Bonchev–Trinajstić information content (AvgIpc) is 2.82. The Kier molecular flexibility index (Phi) is 3.99. The normalized spacial score (nSPS) is 29.7. The Morgan fingerprint density at radius 2 is 2.38 bits per heavy atom. The predicted octanol–water partition coefficient (Wildman–Crippen LogP) is 1.55. The number of likely N-dealkylation sites (tertiary alicyclic amines) is 1. The zero-order valence-electron chi connectivity index (χ0n) is 10.1. The van der Waals surface area contributed by atoms with Crippen LogP contribution in [-0.4, -0.2) is 37.0 Å². The first-order chi connectivity index (χ1) is 7.79. The van der Waals surface area contributed by atoms with Gasteiger partial charge in [-0.15, -0.1) is 0 Å². The van der Waals surface area contributed by atoms with Gasteiger partial charge in [-0.1, -0.05) is 12.2 Å². The maximum Gasteiger partial charge on any atom is 0.223 e. The number of nitrogens with zero attached hydrogens (tertiary/aromatic N) is 1. The topological polar surface area (TPSA) is 32.3 Å². The number of hydrogen-bond acceptors (Lipinski definition) is 2. The molecule has 0 saturated carbocycles. The van der Waals surface area contributed by atoms with Gasteiger partial charge in [-0.25, -0.2) is 0 Å². The maximum atomic E-state index is 12.1. The summed E-state index contributed by atoms with van der Waals surface area (Å²) in [6.07, 6.45) is 9.77. The highest BCUT2D eigenvalue weighted by molar-refractivity contribution is 5.76. The summed E-state index contributed by atoms with van der Waals surface area (Å²) in [4.78, 5) is 14.1. The van der Waals surface area contributed by atoms with Crippen molar-refractivity contribution in [3.8, 4) is 0 Å². The van der Waals surface area contributed by atoms with Gasteiger partial charge in [0.15, 0.2) is 0 Å². The van der Waals surface area contributed by atoms with E-state index in [2.05, 4.69) is 17.5 Å². The Balaban J connectivity index is 1.81. The highest BCUT2D eigenvalue weighted by Gasteiger charge is 2.24. The lowest BCUT2D eigenvalue weighted by Gasteiger charge is -2.33. The molecule has 0 aromatic carbocycles. The number of hydrogen-bond donors (Lipinski definition) is 1. The summed E-state index contributed by atoms with van der Waals surface area (Å²) in [6, 6.07) is 0.497. The monoisotopic (exact) mass is 222 g/mol. The van der Waals surface area contributed by atoms with Crippen molar-refractivity contribution < 1.29 is 4.79 Å². The molecular weight excluding hydrogens is 200 g/mol. The van der Waals surface area contributed by atoms with E-state index in [9.17, 15) is 4.79 Å². The molecule has 2 rings (SSSR count). The van der Waals surface area contributed by atoms with E-state index >= 15 is 0 Å². The molecule has 1 saturated heterocycles. The fourth-order valence-corrected chi connectivity index (χ4v) is 2.66. The van der Waals surface area contributed by atoms with Gasteiger partial charge in [-0.3, -0.25) is 4.79 Å². The van der Waals surface area contributed by atoms with E-state index < -0.39 is 0 Å². The number of piperidine rings is 1. The van der Waals surface area contributed by atoms with E-state index in [0.29, 0.717) is 24.3 Å². The van der Waals surface area contributed by atoms with Crippen molar-refractivity contribution in [1.82, 2.24) is 10.2 Å². The number of carbonyl (C=O) groups excluding carboxylic acids is 1. The van der Waals surface area contributed by atoms with E-state index in [4.69, 9.17) is 0 Å². The van der Waals surface area contributed by atoms with Crippen LogP contribution < -0.4 is 5.32 Å². The van der Waals surface area contributed by atoms with Gasteiger partial charge in [-0.05, 0) is 38.6 Å². The smallest absolute Gasteiger partial charge is 0.223 e. The molecule has 0 aromatic rings. The summed E-state index contributed by atoms with van der Waals surface area (Å²) < 4.78 is 0. The van der Waals surface area contributed by atoms with Crippen LogP contribution >= 0.6 is 0 Å². The van der Waals surface area contributed by atoms with Crippen LogP contribution in [0.4, 0.5) is 0 Å². The molecule has 1 heterocycles. The molecule has 0 spiro atoms. The number of nitrogens with one attached hydrogen (secondary N) is 1. The van der Waals surface area contributed by atoms with Gasteiger partial charge in [-0.2, -0.15) is 0 Å². The zero-order chi connectivity index (χ0) is 11.4. The summed E-state index contributed by atoms with van der Waals surface area (Å²) in [6.45, 7) is 1.85. The SMILES string of the molecule is CNC1CCCN(C(=O)CC2C=CCC2)C1. The van der Waals surface area contributed by atoms with Gasteiger partial charge in [0.2, 0.25) is 5.91 Å². The van der Waals surface area contributed by atoms with E-state index in [1.807, 2.05) is 11.9 Å². The van der Waals surface area contributed by atoms with Crippen LogP contribution in [0.3, 0.4) is 0 Å². The van der Waals surface area contributed by atoms with E-state index in [0.717, 1.165) is 32.4 Å². The molecular formula is C13H22N2O. The molecule has 1 N–H and O–H groups in total. The summed E-state index contributed by atoms with van der Waals surface area (Å²) in [5.41, 5.74) is 0. The van der Waals surface area contributed by atoms with Gasteiger partial charge >= 0.3 is 0 Å². The summed E-state index contributed by atoms with van der Waals surface area (Å²) in [7, 11) is 1.98. The number of rotatable bonds is 3. The Bertz CT molecular complexity index is 275. The Morgan fingerprint density at radius 3 is 3.06 bits per heavy atom. The highest BCUT2D eigenvalue weighted by Crippen LogP contribution is 2.22. The van der Waals surface area contributed by atoms with Gasteiger partial charge in [0.25, 0.3) is 0 Å². The fraction of sp³-hybridized carbons (Fsp3) is 0.769. The van der Waals surface area contributed by atoms with E-state index in [1.54, 1.807) is 0 Å². The molecule has 1 aliphatic carbocycles. The van der Waals surface area contributed by atoms with Crippen LogP contribution in [0.5, 0.6) is 0 Å². The minimum atomic E-state index is 0.344. The van der Waals surface area contributed by atoms with Crippen LogP contribution in [0.25, 0.3) is 0 Å². The molecule has 1 fully saturated rings. The average molecular weight is 222 g/mol. The Hall–Kier alpha value is -0.830. The number of amides is 1. The van der Waals surface area contributed by atoms with Crippen molar-refractivity contribution in [3.05, 3.63) is 12.2 Å². The first-order valence-corrected chi connectivity index (χ1v) is 6.41. The van der Waals surface area contributed by atoms with Crippen molar-refractivity contribution in [2.24, 2.45) is 5.92 Å². The number of likely N-dealkylation sites (N-methyl/N-ethyl adjacent to an activating group) is 1. The summed E-state index contributed by atoms with van der Waals surface area (Å²) in [5.74, 6) is 0.846. The minimum Gasteiger partial charge on any atom is -0.341 e. The second-order valence-corrected chi connectivity index (χ2v) is 4.94. The predicted molar refractivity (Wildman–Crippen MR) is 65.1 cm³/mol. The van der Waals surface area contributed by atoms with Crippen LogP contribution in [0.15, 0.2) is 12.2 Å². The third-order valence-corrected chi connectivity index (χ3v) is 3.73. The standard InChI is InChI=1S/C13H22N2O/c1-14-12-7-4-8-15(10-12)13(16)9-11-5-2-3-6-11/h2,5,11-12,14H,3-4,6-10H2,1H3. The zero-order valence-corrected chi connectivity index (χ0v) is 10.1. The molecule has 2 aliphatic rings. The van der Waals surface area contributed by atoms with Crippen molar-refractivity contribution in [2.75, 3.05) is 20.1 Å². The third kappa shape index (κ3) is 2.85. The number of carbonyl (C=O) groups is 1. The molecule has 3 heteroatoms. The van der Waals surface area contributed by atoms with Crippen LogP contribution in [0, 0.1) is 5.92 Å². The third-order valence-electron chi connectivity index (χ3n) is 3.73.